The summed E-state index contributed by atoms with van der Waals surface area (Å²) in [7, 11) is 0. The normalized spacial score (nSPS) is 15.6. The van der Waals surface area contributed by atoms with Gasteiger partial charge in [0.25, 0.3) is 0 Å². The first-order valence-electron chi connectivity index (χ1n) is 6.02. The summed E-state index contributed by atoms with van der Waals surface area (Å²) in [6, 6.07) is 1.80. The number of carbonyl (C=O) groups is 1. The number of halogens is 3. The van der Waals surface area contributed by atoms with Crippen LogP contribution in [0.3, 0.4) is 0 Å². The summed E-state index contributed by atoms with van der Waals surface area (Å²) in [5, 5.41) is 2.63. The van der Waals surface area contributed by atoms with Gasteiger partial charge in [0.15, 0.2) is 0 Å². The number of aromatic nitrogens is 1. The largest absolute Gasteiger partial charge is 0.416 e. The number of rotatable bonds is 3. The van der Waals surface area contributed by atoms with E-state index in [0.717, 1.165) is 44.3 Å². The molecular weight excluding hydrogens is 259 g/mol. The van der Waals surface area contributed by atoms with Crippen LogP contribution in [0.1, 0.15) is 18.4 Å². The Balaban J connectivity index is 1.94. The molecule has 7 heteroatoms. The molecule has 0 aliphatic carbocycles. The van der Waals surface area contributed by atoms with Crippen molar-refractivity contribution >= 4 is 11.7 Å². The highest BCUT2D eigenvalue weighted by Gasteiger charge is 2.30. The second-order valence-electron chi connectivity index (χ2n) is 4.37. The molecule has 1 aromatic rings. The number of nitrogens with one attached hydrogen (secondary N) is 1. The van der Waals surface area contributed by atoms with Crippen molar-refractivity contribution < 1.29 is 18.0 Å². The molecule has 1 aliphatic heterocycles. The molecule has 19 heavy (non-hydrogen) atoms. The van der Waals surface area contributed by atoms with Gasteiger partial charge in [-0.25, -0.2) is 4.98 Å². The van der Waals surface area contributed by atoms with E-state index in [1.165, 1.54) is 0 Å². The molecule has 0 radical (unpaired) electrons. The van der Waals surface area contributed by atoms with Crippen molar-refractivity contribution in [2.45, 2.75) is 19.0 Å². The Morgan fingerprint density at radius 3 is 2.68 bits per heavy atom. The molecule has 1 aromatic heterocycles. The molecule has 1 fully saturated rings. The van der Waals surface area contributed by atoms with E-state index in [9.17, 15) is 18.0 Å². The van der Waals surface area contributed by atoms with E-state index >= 15 is 0 Å². The Morgan fingerprint density at radius 1 is 1.37 bits per heavy atom. The molecule has 0 bridgehead atoms. The quantitative estimate of drug-likeness (QED) is 0.917. The van der Waals surface area contributed by atoms with Gasteiger partial charge >= 0.3 is 6.18 Å². The molecule has 0 spiro atoms. The van der Waals surface area contributed by atoms with Crippen LogP contribution in [-0.4, -0.2) is 35.4 Å². The number of hydrogen-bond donors (Lipinski definition) is 1. The summed E-state index contributed by atoms with van der Waals surface area (Å²) in [5.41, 5.74) is -0.779. The molecular formula is C12H14F3N3O. The molecule has 104 valence electrons. The molecule has 2 rings (SSSR count). The lowest BCUT2D eigenvalue weighted by molar-refractivity contribution is -0.137. The van der Waals surface area contributed by atoms with Crippen LogP contribution < -0.4 is 5.32 Å². The van der Waals surface area contributed by atoms with Crippen LogP contribution in [-0.2, 0) is 11.0 Å². The van der Waals surface area contributed by atoms with Gasteiger partial charge < -0.3 is 10.2 Å². The van der Waals surface area contributed by atoms with E-state index in [4.69, 9.17) is 0 Å². The van der Waals surface area contributed by atoms with E-state index in [2.05, 4.69) is 10.3 Å². The third kappa shape index (κ3) is 3.59. The standard InChI is InChI=1S/C12H14F3N3O/c13-12(14,15)9-3-4-16-10(7-9)17-8-11(19)18-5-1-2-6-18/h3-4,7H,1-2,5-6,8H2,(H,16,17). The molecule has 4 nitrogen and oxygen atoms in total. The van der Waals surface area contributed by atoms with Gasteiger partial charge in [0.1, 0.15) is 5.82 Å². The third-order valence-corrected chi connectivity index (χ3v) is 2.97. The fourth-order valence-electron chi connectivity index (χ4n) is 1.95. The van der Waals surface area contributed by atoms with Crippen LogP contribution in [0.4, 0.5) is 19.0 Å². The van der Waals surface area contributed by atoms with Gasteiger partial charge in [0.05, 0.1) is 12.1 Å². The highest BCUT2D eigenvalue weighted by Crippen LogP contribution is 2.29. The second-order valence-corrected chi connectivity index (χ2v) is 4.37. The Bertz CT molecular complexity index is 456. The lowest BCUT2D eigenvalue weighted by atomic mass is 10.2. The van der Waals surface area contributed by atoms with Crippen molar-refractivity contribution in [2.24, 2.45) is 0 Å². The maximum atomic E-state index is 12.5. The summed E-state index contributed by atoms with van der Waals surface area (Å²) in [4.78, 5) is 17.2. The van der Waals surface area contributed by atoms with E-state index in [1.807, 2.05) is 0 Å². The van der Waals surface area contributed by atoms with Crippen LogP contribution in [0.15, 0.2) is 18.3 Å². The van der Waals surface area contributed by atoms with Gasteiger partial charge in [-0.15, -0.1) is 0 Å². The van der Waals surface area contributed by atoms with Crippen LogP contribution in [0.25, 0.3) is 0 Å². The minimum Gasteiger partial charge on any atom is -0.361 e. The molecule has 0 unspecified atom stereocenters. The van der Waals surface area contributed by atoms with Gasteiger partial charge in [-0.2, -0.15) is 13.2 Å². The summed E-state index contributed by atoms with van der Waals surface area (Å²) in [6.07, 6.45) is -1.37. The van der Waals surface area contributed by atoms with Crippen molar-refractivity contribution in [1.82, 2.24) is 9.88 Å². The minimum absolute atomic E-state index is 0.0334. The van der Waals surface area contributed by atoms with Crippen LogP contribution in [0.2, 0.25) is 0 Å². The van der Waals surface area contributed by atoms with Gasteiger partial charge in [0.2, 0.25) is 5.91 Å². The molecule has 1 aliphatic rings. The number of hydrogen-bond acceptors (Lipinski definition) is 3. The molecule has 1 N–H and O–H groups in total. The first kappa shape index (κ1) is 13.6. The van der Waals surface area contributed by atoms with Gasteiger partial charge in [-0.05, 0) is 25.0 Å². The van der Waals surface area contributed by atoms with Gasteiger partial charge in [-0.3, -0.25) is 4.79 Å². The summed E-state index contributed by atoms with van der Waals surface area (Å²) in [6.45, 7) is 1.40. The first-order chi connectivity index (χ1) is 8.97. The smallest absolute Gasteiger partial charge is 0.361 e. The van der Waals surface area contributed by atoms with E-state index < -0.39 is 11.7 Å². The molecule has 0 saturated carbocycles. The van der Waals surface area contributed by atoms with E-state index in [0.29, 0.717) is 0 Å². The molecule has 1 amide bonds. The maximum absolute atomic E-state index is 12.5. The van der Waals surface area contributed by atoms with Crippen LogP contribution in [0, 0.1) is 0 Å². The number of nitrogens with zero attached hydrogens (tertiary/aromatic N) is 2. The Labute approximate surface area is 108 Å². The predicted octanol–water partition coefficient (Wildman–Crippen LogP) is 2.13. The van der Waals surface area contributed by atoms with Crippen LogP contribution >= 0.6 is 0 Å². The van der Waals surface area contributed by atoms with Crippen molar-refractivity contribution in [3.8, 4) is 0 Å². The first-order valence-corrected chi connectivity index (χ1v) is 6.02. The SMILES string of the molecule is O=C(CNc1cc(C(F)(F)F)ccn1)N1CCCC1. The average Bonchev–Trinajstić information content (AvgIpc) is 2.89. The van der Waals surface area contributed by atoms with Gasteiger partial charge in [0, 0.05) is 19.3 Å². The van der Waals surface area contributed by atoms with E-state index in [1.54, 1.807) is 4.90 Å². The summed E-state index contributed by atoms with van der Waals surface area (Å²) < 4.78 is 37.4. The lowest BCUT2D eigenvalue weighted by Crippen LogP contribution is -2.33. The van der Waals surface area contributed by atoms with Crippen LogP contribution in [0.5, 0.6) is 0 Å². The number of alkyl halides is 3. The number of amides is 1. The molecule has 1 saturated heterocycles. The average molecular weight is 273 g/mol. The highest BCUT2D eigenvalue weighted by molar-refractivity contribution is 5.80. The van der Waals surface area contributed by atoms with Crippen molar-refractivity contribution in [2.75, 3.05) is 25.0 Å². The number of likely N-dealkylation sites (tertiary alicyclic amines) is 1. The zero-order valence-corrected chi connectivity index (χ0v) is 10.2. The zero-order chi connectivity index (χ0) is 13.9. The molecule has 2 heterocycles. The second kappa shape index (κ2) is 5.46. The summed E-state index contributed by atoms with van der Waals surface area (Å²) in [5.74, 6) is -0.0564. The summed E-state index contributed by atoms with van der Waals surface area (Å²) >= 11 is 0. The Hall–Kier alpha value is -1.79. The molecule has 0 atom stereocenters. The Morgan fingerprint density at radius 2 is 2.05 bits per heavy atom. The maximum Gasteiger partial charge on any atom is 0.416 e. The topological polar surface area (TPSA) is 45.2 Å². The van der Waals surface area contributed by atoms with Crippen molar-refractivity contribution in [1.29, 1.82) is 0 Å². The third-order valence-electron chi connectivity index (χ3n) is 2.97. The van der Waals surface area contributed by atoms with E-state index in [-0.39, 0.29) is 18.3 Å². The number of pyridine rings is 1. The minimum atomic E-state index is -4.40. The molecule has 0 aromatic carbocycles. The van der Waals surface area contributed by atoms with Crippen molar-refractivity contribution in [3.63, 3.8) is 0 Å². The number of anilines is 1. The van der Waals surface area contributed by atoms with Crippen molar-refractivity contribution in [3.05, 3.63) is 23.9 Å². The fourth-order valence-corrected chi connectivity index (χ4v) is 1.95. The lowest BCUT2D eigenvalue weighted by Gasteiger charge is -2.16. The number of carbonyl (C=O) groups excluding carboxylic acids is 1. The highest BCUT2D eigenvalue weighted by atomic mass is 19.4. The Kier molecular flexibility index (Phi) is 3.92. The monoisotopic (exact) mass is 273 g/mol. The fraction of sp³-hybridized carbons (Fsp3) is 0.500. The zero-order valence-electron chi connectivity index (χ0n) is 10.2. The van der Waals surface area contributed by atoms with Gasteiger partial charge in [-0.1, -0.05) is 0 Å². The predicted molar refractivity (Wildman–Crippen MR) is 63.5 cm³/mol.